The largest absolute Gasteiger partial charge is 0.433 e. The molecule has 0 radical (unpaired) electrons. The number of hydrogen-bond acceptors (Lipinski definition) is 4. The lowest BCUT2D eigenvalue weighted by Crippen LogP contribution is -2.33. The normalized spacial score (nSPS) is 29.0. The van der Waals surface area contributed by atoms with Crippen molar-refractivity contribution in [1.82, 2.24) is 9.97 Å². The third kappa shape index (κ3) is 2.91. The molecule has 3 rings (SSSR count). The van der Waals surface area contributed by atoms with Gasteiger partial charge >= 0.3 is 6.18 Å². The summed E-state index contributed by atoms with van der Waals surface area (Å²) in [7, 11) is 0. The van der Waals surface area contributed by atoms with Crippen LogP contribution in [-0.2, 0) is 10.9 Å². The molecule has 0 saturated carbocycles. The molecule has 1 aromatic heterocycles. The Kier molecular flexibility index (Phi) is 3.79. The maximum Gasteiger partial charge on any atom is 0.433 e. The number of hydrogen-bond donors (Lipinski definition) is 0. The fourth-order valence-corrected chi connectivity index (χ4v) is 3.27. The predicted octanol–water partition coefficient (Wildman–Crippen LogP) is 3.14. The Balaban J connectivity index is 1.74. The first kappa shape index (κ1) is 15.5. The van der Waals surface area contributed by atoms with Crippen molar-refractivity contribution in [2.45, 2.75) is 38.5 Å². The number of nitrogens with zero attached hydrogens (tertiary/aromatic N) is 3. The van der Waals surface area contributed by atoms with Crippen molar-refractivity contribution in [1.29, 1.82) is 0 Å². The molecule has 0 aromatic carbocycles. The van der Waals surface area contributed by atoms with E-state index >= 15 is 0 Å². The fourth-order valence-electron chi connectivity index (χ4n) is 3.27. The highest BCUT2D eigenvalue weighted by molar-refractivity contribution is 5.34. The van der Waals surface area contributed by atoms with Crippen molar-refractivity contribution < 1.29 is 17.9 Å². The van der Waals surface area contributed by atoms with Crippen LogP contribution in [-0.4, -0.2) is 35.3 Å². The first-order chi connectivity index (χ1) is 10.3. The van der Waals surface area contributed by atoms with Crippen molar-refractivity contribution in [3.63, 3.8) is 0 Å². The van der Waals surface area contributed by atoms with Crippen LogP contribution in [0, 0.1) is 11.8 Å². The zero-order chi connectivity index (χ0) is 16.0. The summed E-state index contributed by atoms with van der Waals surface area (Å²) in [6.45, 7) is 6.28. The van der Waals surface area contributed by atoms with Crippen LogP contribution in [0.1, 0.15) is 32.4 Å². The van der Waals surface area contributed by atoms with Crippen LogP contribution < -0.4 is 4.90 Å². The van der Waals surface area contributed by atoms with Gasteiger partial charge in [0.2, 0.25) is 5.95 Å². The van der Waals surface area contributed by atoms with Crippen molar-refractivity contribution in [2.24, 2.45) is 11.8 Å². The van der Waals surface area contributed by atoms with Crippen LogP contribution in [0.2, 0.25) is 0 Å². The minimum atomic E-state index is -4.44. The highest BCUT2D eigenvalue weighted by Gasteiger charge is 2.47. The number of anilines is 1. The lowest BCUT2D eigenvalue weighted by Gasteiger charge is -2.24. The molecule has 0 amide bonds. The molecule has 2 aliphatic rings. The van der Waals surface area contributed by atoms with E-state index in [4.69, 9.17) is 4.74 Å². The number of ether oxygens (including phenoxy) is 1. The van der Waals surface area contributed by atoms with Gasteiger partial charge in [0.15, 0.2) is 0 Å². The molecule has 2 atom stereocenters. The Morgan fingerprint density at radius 2 is 2.18 bits per heavy atom. The second kappa shape index (κ2) is 5.37. The molecule has 2 unspecified atom stereocenters. The SMILES string of the molecule is CC(C)C1COC2(CCN(c3nccc(C(F)(F)F)n3)C2)C1. The van der Waals surface area contributed by atoms with Crippen LogP contribution in [0.4, 0.5) is 19.1 Å². The van der Waals surface area contributed by atoms with E-state index in [2.05, 4.69) is 23.8 Å². The van der Waals surface area contributed by atoms with Gasteiger partial charge in [-0.05, 0) is 30.7 Å². The summed E-state index contributed by atoms with van der Waals surface area (Å²) < 4.78 is 44.3. The molecule has 7 heteroatoms. The Morgan fingerprint density at radius 3 is 2.82 bits per heavy atom. The highest BCUT2D eigenvalue weighted by Crippen LogP contribution is 2.41. The van der Waals surface area contributed by atoms with Gasteiger partial charge in [0.1, 0.15) is 5.69 Å². The van der Waals surface area contributed by atoms with Gasteiger partial charge in [-0.2, -0.15) is 13.2 Å². The zero-order valence-electron chi connectivity index (χ0n) is 12.7. The summed E-state index contributed by atoms with van der Waals surface area (Å²) in [6, 6.07) is 0.899. The monoisotopic (exact) mass is 315 g/mol. The van der Waals surface area contributed by atoms with E-state index in [1.165, 1.54) is 6.20 Å². The minimum absolute atomic E-state index is 0.142. The summed E-state index contributed by atoms with van der Waals surface area (Å²) >= 11 is 0. The average Bonchev–Trinajstić information content (AvgIpc) is 3.06. The lowest BCUT2D eigenvalue weighted by molar-refractivity contribution is -0.141. The fraction of sp³-hybridized carbons (Fsp3) is 0.733. The van der Waals surface area contributed by atoms with Gasteiger partial charge < -0.3 is 9.64 Å². The van der Waals surface area contributed by atoms with E-state index in [0.29, 0.717) is 24.9 Å². The Labute approximate surface area is 127 Å². The number of aromatic nitrogens is 2. The number of halogens is 3. The summed E-state index contributed by atoms with van der Waals surface area (Å²) in [5.41, 5.74) is -1.14. The molecule has 1 spiro atoms. The third-order valence-corrected chi connectivity index (χ3v) is 4.71. The Hall–Kier alpha value is -1.37. The molecule has 122 valence electrons. The molecular formula is C15H20F3N3O. The zero-order valence-corrected chi connectivity index (χ0v) is 12.7. The predicted molar refractivity (Wildman–Crippen MR) is 75.5 cm³/mol. The maximum atomic E-state index is 12.8. The second-order valence-corrected chi connectivity index (χ2v) is 6.61. The highest BCUT2D eigenvalue weighted by atomic mass is 19.4. The van der Waals surface area contributed by atoms with Crippen LogP contribution in [0.15, 0.2) is 12.3 Å². The van der Waals surface area contributed by atoms with Crippen LogP contribution >= 0.6 is 0 Å². The first-order valence-corrected chi connectivity index (χ1v) is 7.58. The quantitative estimate of drug-likeness (QED) is 0.840. The van der Waals surface area contributed by atoms with Crippen LogP contribution in [0.25, 0.3) is 0 Å². The van der Waals surface area contributed by atoms with E-state index in [1.54, 1.807) is 4.90 Å². The van der Waals surface area contributed by atoms with E-state index < -0.39 is 11.9 Å². The second-order valence-electron chi connectivity index (χ2n) is 6.61. The molecule has 1 aromatic rings. The van der Waals surface area contributed by atoms with Gasteiger partial charge in [-0.25, -0.2) is 9.97 Å². The number of rotatable bonds is 2. The smallest absolute Gasteiger partial charge is 0.373 e. The Bertz CT molecular complexity index is 549. The van der Waals surface area contributed by atoms with Gasteiger partial charge in [-0.1, -0.05) is 13.8 Å². The van der Waals surface area contributed by atoms with Crippen molar-refractivity contribution in [2.75, 3.05) is 24.6 Å². The number of alkyl halides is 3. The minimum Gasteiger partial charge on any atom is -0.373 e. The van der Waals surface area contributed by atoms with Gasteiger partial charge in [0.05, 0.1) is 12.2 Å². The topological polar surface area (TPSA) is 38.2 Å². The standard InChI is InChI=1S/C15H20F3N3O/c1-10(2)11-7-14(22-8-11)4-6-21(9-14)13-19-5-3-12(20-13)15(16,17)18/h3,5,10-11H,4,6-9H2,1-2H3. The van der Waals surface area contributed by atoms with Crippen LogP contribution in [0.5, 0.6) is 0 Å². The van der Waals surface area contributed by atoms with Crippen molar-refractivity contribution in [3.8, 4) is 0 Å². The molecule has 2 aliphatic heterocycles. The van der Waals surface area contributed by atoms with Crippen LogP contribution in [0.3, 0.4) is 0 Å². The first-order valence-electron chi connectivity index (χ1n) is 7.58. The summed E-state index contributed by atoms with van der Waals surface area (Å²) in [6.07, 6.45) is -1.50. The Morgan fingerprint density at radius 1 is 1.41 bits per heavy atom. The van der Waals surface area contributed by atoms with E-state index in [0.717, 1.165) is 25.5 Å². The molecule has 2 saturated heterocycles. The molecule has 2 fully saturated rings. The van der Waals surface area contributed by atoms with Gasteiger partial charge in [-0.15, -0.1) is 0 Å². The maximum absolute atomic E-state index is 12.8. The molecule has 22 heavy (non-hydrogen) atoms. The molecule has 3 heterocycles. The summed E-state index contributed by atoms with van der Waals surface area (Å²) in [5, 5.41) is 0. The molecule has 0 aliphatic carbocycles. The van der Waals surface area contributed by atoms with E-state index in [9.17, 15) is 13.2 Å². The van der Waals surface area contributed by atoms with E-state index in [1.807, 2.05) is 0 Å². The van der Waals surface area contributed by atoms with Crippen molar-refractivity contribution >= 4 is 5.95 Å². The third-order valence-electron chi connectivity index (χ3n) is 4.71. The van der Waals surface area contributed by atoms with Gasteiger partial charge in [-0.3, -0.25) is 0 Å². The lowest BCUT2D eigenvalue weighted by atomic mass is 9.87. The molecule has 4 nitrogen and oxygen atoms in total. The summed E-state index contributed by atoms with van der Waals surface area (Å²) in [4.78, 5) is 9.48. The average molecular weight is 315 g/mol. The van der Waals surface area contributed by atoms with Crippen molar-refractivity contribution in [3.05, 3.63) is 18.0 Å². The molecule has 0 bridgehead atoms. The van der Waals surface area contributed by atoms with Gasteiger partial charge in [0.25, 0.3) is 0 Å². The van der Waals surface area contributed by atoms with E-state index in [-0.39, 0.29) is 11.5 Å². The summed E-state index contributed by atoms with van der Waals surface area (Å²) in [5.74, 6) is 1.21. The molecular weight excluding hydrogens is 295 g/mol. The van der Waals surface area contributed by atoms with Gasteiger partial charge in [0, 0.05) is 19.3 Å². The molecule has 0 N–H and O–H groups in total.